The predicted octanol–water partition coefficient (Wildman–Crippen LogP) is 13.6. The topological polar surface area (TPSA) is 3.24 Å². The fraction of sp³-hybridized carbons (Fsp3) is 0. The van der Waals surface area contributed by atoms with E-state index < -0.39 is 0 Å². The van der Waals surface area contributed by atoms with Crippen molar-refractivity contribution in [2.24, 2.45) is 0 Å². The maximum absolute atomic E-state index is 2.46. The van der Waals surface area contributed by atoms with Gasteiger partial charge in [0.15, 0.2) is 0 Å². The Kier molecular flexibility index (Phi) is 7.22. The minimum absolute atomic E-state index is 1.11. The molecule has 0 N–H and O–H groups in total. The van der Waals surface area contributed by atoms with Crippen molar-refractivity contribution in [3.8, 4) is 33.4 Å². The third-order valence-electron chi connectivity index (χ3n) is 9.64. The van der Waals surface area contributed by atoms with Crippen LogP contribution in [0.15, 0.2) is 200 Å². The zero-order valence-corrected chi connectivity index (χ0v) is 27.0. The van der Waals surface area contributed by atoms with Gasteiger partial charge in [-0.25, -0.2) is 0 Å². The van der Waals surface area contributed by atoms with E-state index in [0.29, 0.717) is 0 Å². The minimum atomic E-state index is 1.11. The van der Waals surface area contributed by atoms with Gasteiger partial charge >= 0.3 is 0 Å². The Labute approximate surface area is 287 Å². The van der Waals surface area contributed by atoms with E-state index in [1.165, 1.54) is 65.7 Å². The molecule has 230 valence electrons. The van der Waals surface area contributed by atoms with Gasteiger partial charge in [0.2, 0.25) is 0 Å². The molecular weight excluding hydrogens is 591 g/mol. The molecule has 0 amide bonds. The maximum atomic E-state index is 2.46. The van der Waals surface area contributed by atoms with Crippen molar-refractivity contribution < 1.29 is 0 Å². The summed E-state index contributed by atoms with van der Waals surface area (Å²) < 4.78 is 0. The Morgan fingerprint density at radius 3 is 1.55 bits per heavy atom. The Balaban J connectivity index is 1.34. The zero-order valence-electron chi connectivity index (χ0n) is 27.0. The van der Waals surface area contributed by atoms with E-state index in [1.54, 1.807) is 0 Å². The van der Waals surface area contributed by atoms with Crippen LogP contribution in [0.2, 0.25) is 0 Å². The Hall–Kier alpha value is -6.44. The molecule has 0 fully saturated rings. The van der Waals surface area contributed by atoms with E-state index in [9.17, 15) is 0 Å². The van der Waals surface area contributed by atoms with Crippen molar-refractivity contribution in [2.75, 3.05) is 4.90 Å². The normalized spacial score (nSPS) is 11.3. The largest absolute Gasteiger partial charge is 0.309 e. The van der Waals surface area contributed by atoms with E-state index >= 15 is 0 Å². The van der Waals surface area contributed by atoms with Crippen LogP contribution in [-0.2, 0) is 0 Å². The Bertz CT molecular complexity index is 2610. The van der Waals surface area contributed by atoms with Crippen molar-refractivity contribution in [1.29, 1.82) is 0 Å². The lowest BCUT2D eigenvalue weighted by atomic mass is 9.90. The highest BCUT2D eigenvalue weighted by atomic mass is 15.1. The second-order valence-electron chi connectivity index (χ2n) is 12.5. The number of rotatable bonds is 6. The van der Waals surface area contributed by atoms with Crippen molar-refractivity contribution in [1.82, 2.24) is 0 Å². The molecular formula is C48H33N. The van der Waals surface area contributed by atoms with Crippen LogP contribution in [-0.4, -0.2) is 0 Å². The SMILES string of the molecule is c1ccc(-c2cccc3cccc(-c4ccccc4N(c4ccc5ccccc5c4)c4ccccc4-c4cccc5ccccc45)c23)cc1. The summed E-state index contributed by atoms with van der Waals surface area (Å²) in [6, 6.07) is 72.5. The average molecular weight is 624 g/mol. The Morgan fingerprint density at radius 2 is 0.796 bits per heavy atom. The second-order valence-corrected chi connectivity index (χ2v) is 12.5. The summed E-state index contributed by atoms with van der Waals surface area (Å²) in [5, 5.41) is 7.39. The van der Waals surface area contributed by atoms with E-state index in [0.717, 1.165) is 17.1 Å². The quantitative estimate of drug-likeness (QED) is 0.178. The molecule has 0 saturated heterocycles. The van der Waals surface area contributed by atoms with E-state index in [1.807, 2.05) is 0 Å². The van der Waals surface area contributed by atoms with Crippen LogP contribution in [0.4, 0.5) is 17.1 Å². The third kappa shape index (κ3) is 5.13. The molecule has 0 aliphatic rings. The summed E-state index contributed by atoms with van der Waals surface area (Å²) >= 11 is 0. The van der Waals surface area contributed by atoms with Crippen LogP contribution in [0.3, 0.4) is 0 Å². The molecule has 1 nitrogen and oxygen atoms in total. The number of fused-ring (bicyclic) bond motifs is 3. The monoisotopic (exact) mass is 623 g/mol. The Morgan fingerprint density at radius 1 is 0.286 bits per heavy atom. The molecule has 0 heterocycles. The van der Waals surface area contributed by atoms with Crippen LogP contribution in [0.1, 0.15) is 0 Å². The first-order chi connectivity index (χ1) is 24.3. The van der Waals surface area contributed by atoms with E-state index in [4.69, 9.17) is 0 Å². The highest BCUT2D eigenvalue weighted by Gasteiger charge is 2.22. The number of anilines is 3. The van der Waals surface area contributed by atoms with Gasteiger partial charge in [0.25, 0.3) is 0 Å². The van der Waals surface area contributed by atoms with Gasteiger partial charge in [-0.1, -0.05) is 176 Å². The maximum Gasteiger partial charge on any atom is 0.0540 e. The number of nitrogens with zero attached hydrogens (tertiary/aromatic N) is 1. The van der Waals surface area contributed by atoms with Crippen molar-refractivity contribution in [2.45, 2.75) is 0 Å². The van der Waals surface area contributed by atoms with Crippen molar-refractivity contribution >= 4 is 49.4 Å². The van der Waals surface area contributed by atoms with Gasteiger partial charge in [-0.3, -0.25) is 0 Å². The summed E-state index contributed by atoms with van der Waals surface area (Å²) in [6.45, 7) is 0. The highest BCUT2D eigenvalue weighted by molar-refractivity contribution is 6.10. The molecule has 1 heteroatoms. The van der Waals surface area contributed by atoms with Gasteiger partial charge in [-0.05, 0) is 78.8 Å². The summed E-state index contributed by atoms with van der Waals surface area (Å²) in [4.78, 5) is 2.46. The lowest BCUT2D eigenvalue weighted by Crippen LogP contribution is -2.12. The molecule has 0 aliphatic carbocycles. The molecule has 0 aliphatic heterocycles. The van der Waals surface area contributed by atoms with Gasteiger partial charge in [0.1, 0.15) is 0 Å². The van der Waals surface area contributed by atoms with Crippen LogP contribution >= 0.6 is 0 Å². The fourth-order valence-corrected chi connectivity index (χ4v) is 7.40. The molecule has 0 aromatic heterocycles. The second kappa shape index (κ2) is 12.3. The van der Waals surface area contributed by atoms with E-state index in [-0.39, 0.29) is 0 Å². The molecule has 9 rings (SSSR count). The van der Waals surface area contributed by atoms with Gasteiger partial charge in [0, 0.05) is 16.8 Å². The van der Waals surface area contributed by atoms with Crippen LogP contribution in [0.5, 0.6) is 0 Å². The first-order valence-electron chi connectivity index (χ1n) is 16.9. The molecule has 9 aromatic carbocycles. The average Bonchev–Trinajstić information content (AvgIpc) is 3.18. The standard InChI is InChI=1S/C48H33N/c1-2-16-36(17-3-1)41-26-13-21-37-22-14-28-45(48(37)41)44-25-9-11-30-47(44)49(39-32-31-34-15-4-5-19-38(34)33-39)46-29-10-8-24-43(46)42-27-12-20-35-18-6-7-23-40(35)42/h1-33H. The van der Waals surface area contributed by atoms with Gasteiger partial charge < -0.3 is 4.90 Å². The number of hydrogen-bond acceptors (Lipinski definition) is 1. The minimum Gasteiger partial charge on any atom is -0.309 e. The summed E-state index contributed by atoms with van der Waals surface area (Å²) in [5.74, 6) is 0. The van der Waals surface area contributed by atoms with Crippen LogP contribution in [0.25, 0.3) is 65.7 Å². The summed E-state index contributed by atoms with van der Waals surface area (Å²) in [7, 11) is 0. The summed E-state index contributed by atoms with van der Waals surface area (Å²) in [6.07, 6.45) is 0. The van der Waals surface area contributed by atoms with Gasteiger partial charge in [0.05, 0.1) is 11.4 Å². The van der Waals surface area contributed by atoms with Crippen LogP contribution < -0.4 is 4.90 Å². The highest BCUT2D eigenvalue weighted by Crippen LogP contribution is 2.48. The van der Waals surface area contributed by atoms with Gasteiger partial charge in [-0.15, -0.1) is 0 Å². The zero-order chi connectivity index (χ0) is 32.6. The molecule has 0 saturated carbocycles. The molecule has 9 aromatic rings. The molecule has 0 radical (unpaired) electrons. The van der Waals surface area contributed by atoms with Crippen LogP contribution in [0, 0.1) is 0 Å². The van der Waals surface area contributed by atoms with E-state index in [2.05, 4.69) is 205 Å². The first kappa shape index (κ1) is 28.8. The molecule has 0 unspecified atom stereocenters. The fourth-order valence-electron chi connectivity index (χ4n) is 7.40. The summed E-state index contributed by atoms with van der Waals surface area (Å²) in [5.41, 5.74) is 10.6. The predicted molar refractivity (Wildman–Crippen MR) is 210 cm³/mol. The first-order valence-corrected chi connectivity index (χ1v) is 16.9. The smallest absolute Gasteiger partial charge is 0.0540 e. The number of hydrogen-bond donors (Lipinski definition) is 0. The number of benzene rings is 9. The van der Waals surface area contributed by atoms with Crippen molar-refractivity contribution in [3.05, 3.63) is 200 Å². The molecule has 49 heavy (non-hydrogen) atoms. The molecule has 0 atom stereocenters. The molecule has 0 spiro atoms. The van der Waals surface area contributed by atoms with Crippen molar-refractivity contribution in [3.63, 3.8) is 0 Å². The number of para-hydroxylation sites is 2. The third-order valence-corrected chi connectivity index (χ3v) is 9.64. The lowest BCUT2D eigenvalue weighted by molar-refractivity contribution is 1.29. The van der Waals surface area contributed by atoms with Gasteiger partial charge in [-0.2, -0.15) is 0 Å². The lowest BCUT2D eigenvalue weighted by Gasteiger charge is -2.30. The molecule has 0 bridgehead atoms.